The molecule has 14 heavy (non-hydrogen) atoms. The molecule has 0 fully saturated rings. The van der Waals surface area contributed by atoms with E-state index in [-0.39, 0.29) is 35.3 Å². The summed E-state index contributed by atoms with van der Waals surface area (Å²) in [4.78, 5) is 4.02. The van der Waals surface area contributed by atoms with Crippen LogP contribution < -0.4 is 0 Å². The zero-order valence-corrected chi connectivity index (χ0v) is 7.87. The molecule has 0 spiro atoms. The summed E-state index contributed by atoms with van der Waals surface area (Å²) in [5.41, 5.74) is 0.839. The predicted molar refractivity (Wildman–Crippen MR) is 56.1 cm³/mol. The summed E-state index contributed by atoms with van der Waals surface area (Å²) in [6.07, 6.45) is 2.62. The zero-order chi connectivity index (χ0) is 9.73. The normalized spacial score (nSPS) is 10.6. The SMILES string of the molecule is O=S(=O)(O)CCCc1ccccn1.[NaH]. The Kier molecular flexibility index (Phi) is 6.55. The average molecular weight is 225 g/mol. The van der Waals surface area contributed by atoms with Crippen molar-refractivity contribution >= 4 is 39.7 Å². The van der Waals surface area contributed by atoms with Gasteiger partial charge in [-0.15, -0.1) is 0 Å². The molecule has 0 aliphatic rings. The molecule has 6 heteroatoms. The van der Waals surface area contributed by atoms with Crippen molar-refractivity contribution in [3.05, 3.63) is 30.1 Å². The van der Waals surface area contributed by atoms with Gasteiger partial charge in [0, 0.05) is 11.9 Å². The van der Waals surface area contributed by atoms with Crippen molar-refractivity contribution in [3.63, 3.8) is 0 Å². The van der Waals surface area contributed by atoms with E-state index in [1.807, 2.05) is 12.1 Å². The van der Waals surface area contributed by atoms with E-state index in [1.165, 1.54) is 0 Å². The van der Waals surface area contributed by atoms with Gasteiger partial charge in [-0.05, 0) is 25.0 Å². The maximum atomic E-state index is 10.4. The Morgan fingerprint density at radius 1 is 1.36 bits per heavy atom. The monoisotopic (exact) mass is 225 g/mol. The van der Waals surface area contributed by atoms with Gasteiger partial charge in [0.05, 0.1) is 5.75 Å². The molecular formula is C8H12NNaO3S. The third-order valence-corrected chi connectivity index (χ3v) is 2.37. The van der Waals surface area contributed by atoms with Crippen LogP contribution in [-0.2, 0) is 16.5 Å². The van der Waals surface area contributed by atoms with Crippen molar-refractivity contribution in [1.82, 2.24) is 4.98 Å². The molecule has 0 unspecified atom stereocenters. The molecule has 4 nitrogen and oxygen atoms in total. The Morgan fingerprint density at radius 3 is 2.57 bits per heavy atom. The van der Waals surface area contributed by atoms with Crippen molar-refractivity contribution in [2.24, 2.45) is 0 Å². The molecule has 1 N–H and O–H groups in total. The molecule has 0 radical (unpaired) electrons. The number of hydrogen-bond acceptors (Lipinski definition) is 3. The van der Waals surface area contributed by atoms with Gasteiger partial charge in [0.25, 0.3) is 10.1 Å². The summed E-state index contributed by atoms with van der Waals surface area (Å²) in [5, 5.41) is 0. The summed E-state index contributed by atoms with van der Waals surface area (Å²) < 4.78 is 29.2. The van der Waals surface area contributed by atoms with Gasteiger partial charge in [-0.2, -0.15) is 8.42 Å². The Labute approximate surface area is 106 Å². The van der Waals surface area contributed by atoms with E-state index >= 15 is 0 Å². The van der Waals surface area contributed by atoms with Crippen molar-refractivity contribution in [1.29, 1.82) is 0 Å². The number of aryl methyl sites for hydroxylation is 1. The average Bonchev–Trinajstić information content (AvgIpc) is 2.04. The van der Waals surface area contributed by atoms with Crippen molar-refractivity contribution < 1.29 is 13.0 Å². The van der Waals surface area contributed by atoms with Gasteiger partial charge in [-0.1, -0.05) is 6.07 Å². The van der Waals surface area contributed by atoms with Gasteiger partial charge >= 0.3 is 29.6 Å². The fourth-order valence-corrected chi connectivity index (χ4v) is 1.49. The molecule has 74 valence electrons. The van der Waals surface area contributed by atoms with Gasteiger partial charge < -0.3 is 0 Å². The zero-order valence-electron chi connectivity index (χ0n) is 7.05. The molecule has 0 saturated carbocycles. The third-order valence-electron chi connectivity index (χ3n) is 1.56. The van der Waals surface area contributed by atoms with Crippen LogP contribution in [0.25, 0.3) is 0 Å². The molecule has 1 aromatic rings. The minimum absolute atomic E-state index is 0. The molecule has 0 aliphatic heterocycles. The van der Waals surface area contributed by atoms with Crippen LogP contribution in [0.15, 0.2) is 24.4 Å². The van der Waals surface area contributed by atoms with Gasteiger partial charge in [0.15, 0.2) is 0 Å². The maximum absolute atomic E-state index is 10.4. The van der Waals surface area contributed by atoms with Crippen LogP contribution in [0, 0.1) is 0 Å². The molecule has 0 atom stereocenters. The first kappa shape index (κ1) is 14.1. The molecule has 0 aliphatic carbocycles. The Hall–Kier alpha value is 0.0600. The Bertz CT molecular complexity index is 352. The quantitative estimate of drug-likeness (QED) is 0.589. The molecule has 0 aromatic carbocycles. The molecular weight excluding hydrogens is 213 g/mol. The van der Waals surface area contributed by atoms with Gasteiger partial charge in [0.1, 0.15) is 0 Å². The minimum atomic E-state index is -3.82. The topological polar surface area (TPSA) is 67.3 Å². The van der Waals surface area contributed by atoms with Crippen LogP contribution in [0.2, 0.25) is 0 Å². The molecule has 0 bridgehead atoms. The van der Waals surface area contributed by atoms with Crippen LogP contribution in [0.1, 0.15) is 12.1 Å². The fraction of sp³-hybridized carbons (Fsp3) is 0.375. The molecule has 1 heterocycles. The second-order valence-corrected chi connectivity index (χ2v) is 4.28. The first-order valence-corrected chi connectivity index (χ1v) is 5.54. The van der Waals surface area contributed by atoms with Crippen LogP contribution in [0.4, 0.5) is 0 Å². The Morgan fingerprint density at radius 2 is 2.07 bits per heavy atom. The van der Waals surface area contributed by atoms with Crippen LogP contribution >= 0.6 is 0 Å². The molecule has 1 aromatic heterocycles. The second kappa shape index (κ2) is 6.53. The second-order valence-electron chi connectivity index (χ2n) is 2.71. The molecule has 1 rings (SSSR count). The van der Waals surface area contributed by atoms with E-state index < -0.39 is 10.1 Å². The first-order valence-electron chi connectivity index (χ1n) is 3.93. The van der Waals surface area contributed by atoms with E-state index in [4.69, 9.17) is 4.55 Å². The number of aromatic nitrogens is 1. The van der Waals surface area contributed by atoms with Crippen molar-refractivity contribution in [3.8, 4) is 0 Å². The number of nitrogens with zero attached hydrogens (tertiary/aromatic N) is 1. The summed E-state index contributed by atoms with van der Waals surface area (Å²) in [5.74, 6) is -0.205. The summed E-state index contributed by atoms with van der Waals surface area (Å²) in [7, 11) is -3.82. The molecule has 0 saturated heterocycles. The number of pyridine rings is 1. The van der Waals surface area contributed by atoms with E-state index in [0.29, 0.717) is 12.8 Å². The third kappa shape index (κ3) is 6.50. The predicted octanol–water partition coefficient (Wildman–Crippen LogP) is 0.254. The van der Waals surface area contributed by atoms with Crippen LogP contribution in [-0.4, -0.2) is 53.3 Å². The molecule has 0 amide bonds. The van der Waals surface area contributed by atoms with Gasteiger partial charge in [-0.25, -0.2) is 0 Å². The van der Waals surface area contributed by atoms with E-state index in [2.05, 4.69) is 4.98 Å². The fourth-order valence-electron chi connectivity index (χ4n) is 0.982. The van der Waals surface area contributed by atoms with E-state index in [1.54, 1.807) is 12.3 Å². The van der Waals surface area contributed by atoms with E-state index in [9.17, 15) is 8.42 Å². The van der Waals surface area contributed by atoms with E-state index in [0.717, 1.165) is 5.69 Å². The van der Waals surface area contributed by atoms with Crippen molar-refractivity contribution in [2.75, 3.05) is 5.75 Å². The summed E-state index contributed by atoms with van der Waals surface area (Å²) in [6.45, 7) is 0. The summed E-state index contributed by atoms with van der Waals surface area (Å²) >= 11 is 0. The van der Waals surface area contributed by atoms with Gasteiger partial charge in [0.2, 0.25) is 0 Å². The first-order chi connectivity index (χ1) is 6.08. The Balaban J connectivity index is 0.00000169. The number of hydrogen-bond donors (Lipinski definition) is 1. The van der Waals surface area contributed by atoms with Crippen molar-refractivity contribution in [2.45, 2.75) is 12.8 Å². The summed E-state index contributed by atoms with van der Waals surface area (Å²) in [6, 6.07) is 5.46. The number of rotatable bonds is 4. The van der Waals surface area contributed by atoms with Crippen LogP contribution in [0.3, 0.4) is 0 Å². The van der Waals surface area contributed by atoms with Crippen LogP contribution in [0.5, 0.6) is 0 Å². The standard InChI is InChI=1S/C8H11NO3S.Na.H/c10-13(11,12)7-3-5-8-4-1-2-6-9-8;;/h1-2,4,6H,3,5,7H2,(H,10,11,12);;. The van der Waals surface area contributed by atoms with Gasteiger partial charge in [-0.3, -0.25) is 9.54 Å².